The van der Waals surface area contributed by atoms with Crippen molar-refractivity contribution in [3.8, 4) is 78.7 Å². The van der Waals surface area contributed by atoms with Crippen LogP contribution in [0.25, 0.3) is 111 Å². The van der Waals surface area contributed by atoms with E-state index in [4.69, 9.17) is 19.4 Å². The van der Waals surface area contributed by atoms with Crippen molar-refractivity contribution < 1.29 is 4.42 Å². The summed E-state index contributed by atoms with van der Waals surface area (Å²) < 4.78 is 6.25. The molecule has 1 aliphatic rings. The third kappa shape index (κ3) is 4.80. The molecule has 0 spiro atoms. The predicted molar refractivity (Wildman–Crippen MR) is 216 cm³/mol. The highest BCUT2D eigenvalue weighted by atomic mass is 16.3. The fraction of sp³-hybridized carbons (Fsp3) is 0. The Morgan fingerprint density at radius 1 is 0.302 bits per heavy atom. The summed E-state index contributed by atoms with van der Waals surface area (Å²) in [6, 6.07) is 61.6. The molecule has 2 aromatic heterocycles. The lowest BCUT2D eigenvalue weighted by Gasteiger charge is -2.11. The molecule has 4 nitrogen and oxygen atoms in total. The van der Waals surface area contributed by atoms with E-state index in [1.807, 2.05) is 36.4 Å². The number of aromatic nitrogens is 3. The summed E-state index contributed by atoms with van der Waals surface area (Å²) in [6.07, 6.45) is 0. The van der Waals surface area contributed by atoms with Gasteiger partial charge in [-0.1, -0.05) is 152 Å². The van der Waals surface area contributed by atoms with Crippen LogP contribution in [0.3, 0.4) is 0 Å². The first-order valence-electron chi connectivity index (χ1n) is 17.9. The van der Waals surface area contributed by atoms with Gasteiger partial charge < -0.3 is 4.42 Å². The largest absolute Gasteiger partial charge is 0.456 e. The molecule has 0 amide bonds. The minimum atomic E-state index is 0.602. The predicted octanol–water partition coefficient (Wildman–Crippen LogP) is 12.9. The molecule has 10 aromatic rings. The quantitative estimate of drug-likeness (QED) is 0.182. The first-order valence-corrected chi connectivity index (χ1v) is 17.9. The Bertz CT molecular complexity index is 3040. The first-order chi connectivity index (χ1) is 26.2. The minimum absolute atomic E-state index is 0.602. The maximum atomic E-state index is 6.25. The second-order valence-corrected chi connectivity index (χ2v) is 13.6. The summed E-state index contributed by atoms with van der Waals surface area (Å²) in [7, 11) is 0. The Kier molecular flexibility index (Phi) is 6.52. The molecule has 53 heavy (non-hydrogen) atoms. The zero-order valence-electron chi connectivity index (χ0n) is 28.5. The van der Waals surface area contributed by atoms with Crippen LogP contribution in [0.5, 0.6) is 0 Å². The van der Waals surface area contributed by atoms with Crippen LogP contribution in [-0.2, 0) is 0 Å². The summed E-state index contributed by atoms with van der Waals surface area (Å²) in [5, 5.41) is 4.61. The van der Waals surface area contributed by atoms with Crippen molar-refractivity contribution in [1.29, 1.82) is 0 Å². The average Bonchev–Trinajstić information content (AvgIpc) is 3.78. The van der Waals surface area contributed by atoms with Gasteiger partial charge >= 0.3 is 0 Å². The topological polar surface area (TPSA) is 51.8 Å². The number of hydrogen-bond acceptors (Lipinski definition) is 4. The molecule has 11 rings (SSSR count). The van der Waals surface area contributed by atoms with Crippen LogP contribution in [0, 0.1) is 0 Å². The molecule has 0 aliphatic heterocycles. The Morgan fingerprint density at radius 3 is 1.58 bits per heavy atom. The van der Waals surface area contributed by atoms with Crippen LogP contribution in [0.15, 0.2) is 180 Å². The van der Waals surface area contributed by atoms with Crippen molar-refractivity contribution >= 4 is 32.7 Å². The van der Waals surface area contributed by atoms with Gasteiger partial charge in [0, 0.05) is 27.5 Å². The van der Waals surface area contributed by atoms with Gasteiger partial charge in [0.1, 0.15) is 11.2 Å². The lowest BCUT2D eigenvalue weighted by atomic mass is 9.95. The molecule has 0 atom stereocenters. The van der Waals surface area contributed by atoms with E-state index in [2.05, 4.69) is 140 Å². The number of benzene rings is 8. The Balaban J connectivity index is 1.04. The first kappa shape index (κ1) is 29.5. The second-order valence-electron chi connectivity index (χ2n) is 13.6. The average molecular weight is 676 g/mol. The van der Waals surface area contributed by atoms with Crippen LogP contribution in [0.2, 0.25) is 0 Å². The summed E-state index contributed by atoms with van der Waals surface area (Å²) >= 11 is 0. The number of para-hydroxylation sites is 1. The number of furan rings is 1. The van der Waals surface area contributed by atoms with Gasteiger partial charge in [0.15, 0.2) is 17.5 Å². The monoisotopic (exact) mass is 675 g/mol. The molecule has 0 fully saturated rings. The lowest BCUT2D eigenvalue weighted by molar-refractivity contribution is 0.669. The van der Waals surface area contributed by atoms with Crippen molar-refractivity contribution in [2.45, 2.75) is 0 Å². The summed E-state index contributed by atoms with van der Waals surface area (Å²) in [6.45, 7) is 0. The van der Waals surface area contributed by atoms with Gasteiger partial charge in [0.05, 0.1) is 0 Å². The standard InChI is InChI=1S/C49H29N3O/c1-2-10-30(11-3-1)31-20-24-33(25-21-31)47-50-48(52-49(51-47)41-17-9-19-44-46(41)40-15-6-7-18-43(40)53-44)34-26-22-32(23-27-34)36-28-35-12-8-16-39-37-13-4-5-14-38(37)42(29-36)45(35)39/h1-29H. The van der Waals surface area contributed by atoms with Gasteiger partial charge in [-0.15, -0.1) is 0 Å². The molecule has 2 heterocycles. The fourth-order valence-corrected chi connectivity index (χ4v) is 7.95. The molecule has 0 bridgehead atoms. The summed E-state index contributed by atoms with van der Waals surface area (Å²) in [4.78, 5) is 15.3. The normalized spacial score (nSPS) is 11.8. The van der Waals surface area contributed by atoms with Gasteiger partial charge in [-0.2, -0.15) is 0 Å². The van der Waals surface area contributed by atoms with Crippen molar-refractivity contribution in [1.82, 2.24) is 15.0 Å². The Labute approximate surface area is 305 Å². The van der Waals surface area contributed by atoms with E-state index in [0.717, 1.165) is 49.8 Å². The smallest absolute Gasteiger partial charge is 0.164 e. The van der Waals surface area contributed by atoms with Crippen molar-refractivity contribution in [2.24, 2.45) is 0 Å². The highest BCUT2D eigenvalue weighted by Crippen LogP contribution is 2.48. The number of rotatable bonds is 5. The molecule has 246 valence electrons. The van der Waals surface area contributed by atoms with Crippen LogP contribution in [-0.4, -0.2) is 15.0 Å². The molecule has 1 aliphatic carbocycles. The van der Waals surface area contributed by atoms with Crippen LogP contribution in [0.4, 0.5) is 0 Å². The summed E-state index contributed by atoms with van der Waals surface area (Å²) in [5.41, 5.74) is 14.2. The van der Waals surface area contributed by atoms with E-state index >= 15 is 0 Å². The highest BCUT2D eigenvalue weighted by molar-refractivity contribution is 6.16. The molecule has 0 N–H and O–H groups in total. The van der Waals surface area contributed by atoms with Crippen LogP contribution >= 0.6 is 0 Å². The van der Waals surface area contributed by atoms with E-state index in [9.17, 15) is 0 Å². The lowest BCUT2D eigenvalue weighted by Crippen LogP contribution is -2.00. The molecule has 0 saturated heterocycles. The van der Waals surface area contributed by atoms with Gasteiger partial charge in [0.25, 0.3) is 0 Å². The Morgan fingerprint density at radius 2 is 0.830 bits per heavy atom. The molecule has 0 saturated carbocycles. The fourth-order valence-electron chi connectivity index (χ4n) is 7.95. The molecule has 0 radical (unpaired) electrons. The van der Waals surface area contributed by atoms with E-state index in [1.165, 1.54) is 44.2 Å². The molecular weight excluding hydrogens is 647 g/mol. The second kappa shape index (κ2) is 11.7. The molecular formula is C49H29N3O. The molecule has 0 unspecified atom stereocenters. The number of fused-ring (bicyclic) bond motifs is 6. The van der Waals surface area contributed by atoms with Gasteiger partial charge in [0.2, 0.25) is 0 Å². The third-order valence-electron chi connectivity index (χ3n) is 10.5. The maximum Gasteiger partial charge on any atom is 0.164 e. The SMILES string of the molecule is c1ccc(-c2ccc(-c3nc(-c4ccc(-c5cc6c7c(cccc7c5)-c5ccccc5-6)cc4)nc(-c4cccc5oc6ccccc6c45)n3)cc2)cc1. The van der Waals surface area contributed by atoms with Gasteiger partial charge in [-0.05, 0) is 79.5 Å². The summed E-state index contributed by atoms with van der Waals surface area (Å²) in [5.74, 6) is 1.83. The van der Waals surface area contributed by atoms with E-state index in [1.54, 1.807) is 0 Å². The van der Waals surface area contributed by atoms with E-state index < -0.39 is 0 Å². The van der Waals surface area contributed by atoms with Gasteiger partial charge in [-0.25, -0.2) is 15.0 Å². The highest BCUT2D eigenvalue weighted by Gasteiger charge is 2.22. The van der Waals surface area contributed by atoms with E-state index in [-0.39, 0.29) is 0 Å². The van der Waals surface area contributed by atoms with E-state index in [0.29, 0.717) is 17.5 Å². The maximum absolute atomic E-state index is 6.25. The number of hydrogen-bond donors (Lipinski definition) is 0. The minimum Gasteiger partial charge on any atom is -0.456 e. The van der Waals surface area contributed by atoms with Crippen molar-refractivity contribution in [3.05, 3.63) is 176 Å². The van der Waals surface area contributed by atoms with Crippen molar-refractivity contribution in [3.63, 3.8) is 0 Å². The van der Waals surface area contributed by atoms with Crippen LogP contribution in [0.1, 0.15) is 0 Å². The Hall–Kier alpha value is -7.17. The van der Waals surface area contributed by atoms with Crippen molar-refractivity contribution in [2.75, 3.05) is 0 Å². The zero-order chi connectivity index (χ0) is 34.9. The molecule has 4 heteroatoms. The zero-order valence-corrected chi connectivity index (χ0v) is 28.5. The van der Waals surface area contributed by atoms with Crippen LogP contribution < -0.4 is 0 Å². The molecule has 8 aromatic carbocycles. The number of nitrogens with zero attached hydrogens (tertiary/aromatic N) is 3. The third-order valence-corrected chi connectivity index (χ3v) is 10.5. The van der Waals surface area contributed by atoms with Gasteiger partial charge in [-0.3, -0.25) is 0 Å².